The van der Waals surface area contributed by atoms with E-state index in [4.69, 9.17) is 0 Å². The number of carbonyl (C=O) groups is 1. The average Bonchev–Trinajstić information content (AvgIpc) is 2.14. The molecule has 0 aromatic carbocycles. The van der Waals surface area contributed by atoms with E-state index in [9.17, 15) is 13.2 Å². The van der Waals surface area contributed by atoms with E-state index in [1.165, 1.54) is 0 Å². The van der Waals surface area contributed by atoms with Crippen LogP contribution in [0.1, 0.15) is 33.1 Å². The molecule has 0 atom stereocenters. The monoisotopic (exact) mass is 236 g/mol. The number of sulfonamides is 1. The summed E-state index contributed by atoms with van der Waals surface area (Å²) in [7, 11) is -3.18. The minimum absolute atomic E-state index is 0.115. The van der Waals surface area contributed by atoms with Gasteiger partial charge >= 0.3 is 0 Å². The Morgan fingerprint density at radius 1 is 1.13 bits per heavy atom. The van der Waals surface area contributed by atoms with Crippen LogP contribution in [0.3, 0.4) is 0 Å². The molecule has 15 heavy (non-hydrogen) atoms. The van der Waals surface area contributed by atoms with Crippen molar-refractivity contribution in [3.05, 3.63) is 0 Å². The number of rotatable bonds is 8. The standard InChI is InChI=1S/C9H20N2O3S/c1-3-6-10-9(12)5-7-11-15(13,14)8-4-2/h11H,3-8H2,1-2H3,(H,10,12). The lowest BCUT2D eigenvalue weighted by Gasteiger charge is -2.05. The molecule has 0 bridgehead atoms. The molecule has 0 saturated heterocycles. The van der Waals surface area contributed by atoms with Gasteiger partial charge in [-0.05, 0) is 12.8 Å². The van der Waals surface area contributed by atoms with Crippen LogP contribution in [0.5, 0.6) is 0 Å². The van der Waals surface area contributed by atoms with E-state index in [1.807, 2.05) is 6.92 Å². The number of amides is 1. The second-order valence-electron chi connectivity index (χ2n) is 3.31. The first-order chi connectivity index (χ1) is 7.02. The molecular formula is C9H20N2O3S. The molecule has 6 heteroatoms. The topological polar surface area (TPSA) is 75.3 Å². The van der Waals surface area contributed by atoms with Gasteiger partial charge in [0.15, 0.2) is 0 Å². The van der Waals surface area contributed by atoms with Crippen molar-refractivity contribution in [2.24, 2.45) is 0 Å². The van der Waals surface area contributed by atoms with Gasteiger partial charge in [0.05, 0.1) is 5.75 Å². The average molecular weight is 236 g/mol. The van der Waals surface area contributed by atoms with Crippen molar-refractivity contribution in [3.8, 4) is 0 Å². The minimum Gasteiger partial charge on any atom is -0.356 e. The van der Waals surface area contributed by atoms with Gasteiger partial charge in [0.2, 0.25) is 15.9 Å². The first kappa shape index (κ1) is 14.4. The molecule has 0 radical (unpaired) electrons. The Balaban J connectivity index is 3.65. The van der Waals surface area contributed by atoms with Gasteiger partial charge in [-0.15, -0.1) is 0 Å². The number of hydrogen-bond donors (Lipinski definition) is 2. The molecule has 90 valence electrons. The molecule has 0 aliphatic carbocycles. The molecule has 0 aromatic heterocycles. The summed E-state index contributed by atoms with van der Waals surface area (Å²) in [5, 5.41) is 2.68. The first-order valence-corrected chi connectivity index (χ1v) is 6.91. The summed E-state index contributed by atoms with van der Waals surface area (Å²) in [5.74, 6) is -0.000108. The van der Waals surface area contributed by atoms with Crippen LogP contribution in [-0.4, -0.2) is 33.2 Å². The maximum absolute atomic E-state index is 11.2. The fraction of sp³-hybridized carbons (Fsp3) is 0.889. The first-order valence-electron chi connectivity index (χ1n) is 5.26. The highest BCUT2D eigenvalue weighted by Gasteiger charge is 2.08. The molecule has 0 aromatic rings. The van der Waals surface area contributed by atoms with Crippen LogP contribution in [0.2, 0.25) is 0 Å². The van der Waals surface area contributed by atoms with E-state index < -0.39 is 10.0 Å². The van der Waals surface area contributed by atoms with Gasteiger partial charge < -0.3 is 5.32 Å². The smallest absolute Gasteiger partial charge is 0.221 e. The van der Waals surface area contributed by atoms with E-state index in [-0.39, 0.29) is 24.6 Å². The third-order valence-corrected chi connectivity index (χ3v) is 3.31. The Kier molecular flexibility index (Phi) is 7.33. The molecule has 0 unspecified atom stereocenters. The Bertz CT molecular complexity index is 275. The SMILES string of the molecule is CCCNC(=O)CCNS(=O)(=O)CCC. The summed E-state index contributed by atoms with van der Waals surface area (Å²) >= 11 is 0. The molecule has 0 aliphatic rings. The van der Waals surface area contributed by atoms with E-state index in [2.05, 4.69) is 10.0 Å². The Morgan fingerprint density at radius 3 is 2.33 bits per heavy atom. The summed E-state index contributed by atoms with van der Waals surface area (Å²) in [4.78, 5) is 11.1. The van der Waals surface area contributed by atoms with Gasteiger partial charge in [0.1, 0.15) is 0 Å². The van der Waals surface area contributed by atoms with Crippen molar-refractivity contribution in [1.82, 2.24) is 10.0 Å². The van der Waals surface area contributed by atoms with E-state index in [0.29, 0.717) is 13.0 Å². The zero-order valence-corrected chi connectivity index (χ0v) is 10.2. The van der Waals surface area contributed by atoms with Gasteiger partial charge in [-0.1, -0.05) is 13.8 Å². The second kappa shape index (κ2) is 7.64. The summed E-state index contributed by atoms with van der Waals surface area (Å²) in [6.07, 6.45) is 1.66. The molecule has 0 fully saturated rings. The van der Waals surface area contributed by atoms with E-state index in [0.717, 1.165) is 6.42 Å². The molecule has 0 rings (SSSR count). The van der Waals surface area contributed by atoms with Crippen LogP contribution >= 0.6 is 0 Å². The van der Waals surface area contributed by atoms with Crippen LogP contribution < -0.4 is 10.0 Å². The van der Waals surface area contributed by atoms with Crippen LogP contribution in [-0.2, 0) is 14.8 Å². The van der Waals surface area contributed by atoms with Crippen molar-refractivity contribution in [2.75, 3.05) is 18.8 Å². The molecule has 5 nitrogen and oxygen atoms in total. The van der Waals surface area contributed by atoms with Gasteiger partial charge in [0.25, 0.3) is 0 Å². The quantitative estimate of drug-likeness (QED) is 0.633. The predicted octanol–water partition coefficient (Wildman–Crippen LogP) is 0.232. The van der Waals surface area contributed by atoms with E-state index in [1.54, 1.807) is 6.92 Å². The van der Waals surface area contributed by atoms with Gasteiger partial charge in [-0.25, -0.2) is 13.1 Å². The summed E-state index contributed by atoms with van der Waals surface area (Å²) in [6.45, 7) is 4.58. The lowest BCUT2D eigenvalue weighted by atomic mass is 10.4. The zero-order valence-electron chi connectivity index (χ0n) is 9.38. The van der Waals surface area contributed by atoms with Crippen molar-refractivity contribution in [2.45, 2.75) is 33.1 Å². The fourth-order valence-corrected chi connectivity index (χ4v) is 2.11. The zero-order chi connectivity index (χ0) is 11.7. The van der Waals surface area contributed by atoms with Crippen molar-refractivity contribution >= 4 is 15.9 Å². The summed E-state index contributed by atoms with van der Waals surface area (Å²) in [6, 6.07) is 0. The molecule has 1 amide bonds. The lowest BCUT2D eigenvalue weighted by molar-refractivity contribution is -0.120. The lowest BCUT2D eigenvalue weighted by Crippen LogP contribution is -2.32. The third kappa shape index (κ3) is 8.38. The molecule has 0 spiro atoms. The van der Waals surface area contributed by atoms with Gasteiger partial charge in [-0.3, -0.25) is 4.79 Å². The van der Waals surface area contributed by atoms with Gasteiger partial charge in [-0.2, -0.15) is 0 Å². The van der Waals surface area contributed by atoms with Crippen molar-refractivity contribution in [1.29, 1.82) is 0 Å². The maximum Gasteiger partial charge on any atom is 0.221 e. The van der Waals surface area contributed by atoms with Crippen LogP contribution in [0.15, 0.2) is 0 Å². The largest absolute Gasteiger partial charge is 0.356 e. The normalized spacial score (nSPS) is 11.3. The highest BCUT2D eigenvalue weighted by atomic mass is 32.2. The minimum atomic E-state index is -3.18. The number of hydrogen-bond acceptors (Lipinski definition) is 3. The highest BCUT2D eigenvalue weighted by molar-refractivity contribution is 7.89. The summed E-state index contributed by atoms with van der Waals surface area (Å²) < 4.78 is 24.7. The summed E-state index contributed by atoms with van der Waals surface area (Å²) in [5.41, 5.74) is 0. The molecule has 2 N–H and O–H groups in total. The number of carbonyl (C=O) groups excluding carboxylic acids is 1. The third-order valence-electron chi connectivity index (χ3n) is 1.72. The second-order valence-corrected chi connectivity index (χ2v) is 5.24. The maximum atomic E-state index is 11.2. The molecule has 0 saturated carbocycles. The predicted molar refractivity (Wildman–Crippen MR) is 60.0 cm³/mol. The van der Waals surface area contributed by atoms with Crippen LogP contribution in [0.4, 0.5) is 0 Å². The fourth-order valence-electron chi connectivity index (χ4n) is 1.01. The highest BCUT2D eigenvalue weighted by Crippen LogP contribution is 1.89. The van der Waals surface area contributed by atoms with Crippen LogP contribution in [0, 0.1) is 0 Å². The van der Waals surface area contributed by atoms with Gasteiger partial charge in [0, 0.05) is 19.5 Å². The molecule has 0 heterocycles. The molecule has 0 aliphatic heterocycles. The Labute approximate surface area is 91.7 Å². The Morgan fingerprint density at radius 2 is 1.80 bits per heavy atom. The Hall–Kier alpha value is -0.620. The number of nitrogens with one attached hydrogen (secondary N) is 2. The van der Waals surface area contributed by atoms with Crippen molar-refractivity contribution in [3.63, 3.8) is 0 Å². The molecular weight excluding hydrogens is 216 g/mol. The van der Waals surface area contributed by atoms with Crippen LogP contribution in [0.25, 0.3) is 0 Å². The van der Waals surface area contributed by atoms with E-state index >= 15 is 0 Å². The van der Waals surface area contributed by atoms with Crippen molar-refractivity contribution < 1.29 is 13.2 Å².